The van der Waals surface area contributed by atoms with Crippen molar-refractivity contribution < 1.29 is 18.9 Å². The van der Waals surface area contributed by atoms with Crippen molar-refractivity contribution in [3.05, 3.63) is 36.4 Å². The highest BCUT2D eigenvalue weighted by atomic mass is 28.2. The average molecular weight is 545 g/mol. The third kappa shape index (κ3) is 12.0. The monoisotopic (exact) mass is 544 g/mol. The van der Waals surface area contributed by atoms with E-state index in [0.717, 1.165) is 101 Å². The maximum Gasteiger partial charge on any atom is 0.161 e. The summed E-state index contributed by atoms with van der Waals surface area (Å²) >= 11 is 0. The van der Waals surface area contributed by atoms with Gasteiger partial charge in [-0.05, 0) is 48.2 Å². The van der Waals surface area contributed by atoms with Crippen LogP contribution in [0.5, 0.6) is 23.0 Å². The van der Waals surface area contributed by atoms with Gasteiger partial charge in [-0.3, -0.25) is 0 Å². The van der Waals surface area contributed by atoms with Gasteiger partial charge in [-0.1, -0.05) is 96.2 Å². The van der Waals surface area contributed by atoms with Crippen molar-refractivity contribution in [1.82, 2.24) is 0 Å². The molecule has 0 aliphatic rings. The highest BCUT2D eigenvalue weighted by Gasteiger charge is 2.14. The average Bonchev–Trinajstić information content (AvgIpc) is 2.91. The van der Waals surface area contributed by atoms with Crippen molar-refractivity contribution in [2.45, 2.75) is 97.6 Å². The van der Waals surface area contributed by atoms with Gasteiger partial charge in [0, 0.05) is 0 Å². The lowest BCUT2D eigenvalue weighted by atomic mass is 10.3. The van der Waals surface area contributed by atoms with Crippen LogP contribution in [0.25, 0.3) is 0 Å². The zero-order chi connectivity index (χ0) is 26.6. The smallest absolute Gasteiger partial charge is 0.161 e. The van der Waals surface area contributed by atoms with Gasteiger partial charge in [-0.15, -0.1) is 0 Å². The van der Waals surface area contributed by atoms with E-state index >= 15 is 0 Å². The molecule has 0 spiro atoms. The van der Waals surface area contributed by atoms with Crippen LogP contribution in [-0.4, -0.2) is 45.5 Å². The summed E-state index contributed by atoms with van der Waals surface area (Å²) in [6.07, 6.45) is 10.2. The Labute approximate surface area is 231 Å². The maximum absolute atomic E-state index is 6.27. The summed E-state index contributed by atoms with van der Waals surface area (Å²) in [4.78, 5) is 0. The molecule has 0 heterocycles. The van der Waals surface area contributed by atoms with Gasteiger partial charge >= 0.3 is 0 Å². The fourth-order valence-corrected chi connectivity index (χ4v) is 8.46. The van der Waals surface area contributed by atoms with Crippen molar-refractivity contribution in [3.63, 3.8) is 0 Å². The van der Waals surface area contributed by atoms with Crippen LogP contribution in [0.4, 0.5) is 0 Å². The van der Waals surface area contributed by atoms with Crippen molar-refractivity contribution in [2.24, 2.45) is 0 Å². The summed E-state index contributed by atoms with van der Waals surface area (Å²) in [7, 11) is -0.823. The molecule has 208 valence electrons. The Balaban J connectivity index is 1.96. The number of unbranched alkanes of at least 4 members (excludes halogenated alkanes) is 4. The van der Waals surface area contributed by atoms with Crippen LogP contribution < -0.4 is 29.3 Å². The minimum Gasteiger partial charge on any atom is -0.490 e. The first-order valence-corrected chi connectivity index (χ1v) is 18.4. The Morgan fingerprint density at radius 3 is 1.24 bits per heavy atom. The highest BCUT2D eigenvalue weighted by Crippen LogP contribution is 2.27. The molecule has 0 fully saturated rings. The van der Waals surface area contributed by atoms with E-state index in [1.807, 2.05) is 0 Å². The molecule has 0 aromatic heterocycles. The summed E-state index contributed by atoms with van der Waals surface area (Å²) < 4.78 is 24.8. The van der Waals surface area contributed by atoms with E-state index < -0.39 is 19.0 Å². The lowest BCUT2D eigenvalue weighted by Crippen LogP contribution is -2.21. The Morgan fingerprint density at radius 2 is 0.865 bits per heavy atom. The standard InChI is InChI=1S/C31H52O4Si2/c1-5-9-20-32-26-16-13-18-28(30(26)34-22-11-7-3)36-24-15-25-37-29-19-14-17-27(33-21-10-6-2)31(29)35-23-12-8-4/h13-14,16-19H,5-12,15,20-25,36-37H2,1-4H3. The molecule has 2 aromatic carbocycles. The van der Waals surface area contributed by atoms with E-state index in [-0.39, 0.29) is 0 Å². The molecule has 0 bridgehead atoms. The van der Waals surface area contributed by atoms with E-state index in [0.29, 0.717) is 0 Å². The van der Waals surface area contributed by atoms with Gasteiger partial charge < -0.3 is 18.9 Å². The van der Waals surface area contributed by atoms with Gasteiger partial charge in [0.15, 0.2) is 23.0 Å². The van der Waals surface area contributed by atoms with Gasteiger partial charge in [0.1, 0.15) is 0 Å². The minimum absolute atomic E-state index is 0.411. The molecule has 0 aliphatic heterocycles. The first-order valence-electron chi connectivity index (χ1n) is 15.0. The third-order valence-electron chi connectivity index (χ3n) is 6.51. The Bertz CT molecular complexity index is 790. The van der Waals surface area contributed by atoms with Crippen molar-refractivity contribution >= 4 is 29.4 Å². The fraction of sp³-hybridized carbons (Fsp3) is 0.613. The van der Waals surface area contributed by atoms with E-state index in [1.165, 1.54) is 28.9 Å². The van der Waals surface area contributed by atoms with E-state index in [2.05, 4.69) is 64.1 Å². The van der Waals surface area contributed by atoms with Gasteiger partial charge in [-0.25, -0.2) is 0 Å². The molecule has 0 N–H and O–H groups in total. The number of ether oxygens (including phenoxy) is 4. The van der Waals surface area contributed by atoms with Gasteiger partial charge in [0.25, 0.3) is 0 Å². The second kappa shape index (κ2) is 20.1. The summed E-state index contributed by atoms with van der Waals surface area (Å²) in [5.74, 6) is 3.94. The van der Waals surface area contributed by atoms with Crippen LogP contribution >= 0.6 is 0 Å². The minimum atomic E-state index is -0.411. The van der Waals surface area contributed by atoms with Crippen LogP contribution in [0, 0.1) is 0 Å². The molecule has 37 heavy (non-hydrogen) atoms. The quantitative estimate of drug-likeness (QED) is 0.136. The molecule has 2 aromatic rings. The first-order chi connectivity index (χ1) is 18.2. The van der Waals surface area contributed by atoms with E-state index in [9.17, 15) is 0 Å². The van der Waals surface area contributed by atoms with Crippen LogP contribution in [0.1, 0.15) is 85.5 Å². The molecule has 4 nitrogen and oxygen atoms in total. The SMILES string of the molecule is CCCCOc1cccc([SiH2]CCC[SiH2]c2cccc(OCCCC)c2OCCCC)c1OCCCC. The Kier molecular flexibility index (Phi) is 17.0. The fourth-order valence-electron chi connectivity index (χ4n) is 4.17. The summed E-state index contributed by atoms with van der Waals surface area (Å²) in [6, 6.07) is 15.6. The Morgan fingerprint density at radius 1 is 0.486 bits per heavy atom. The van der Waals surface area contributed by atoms with Crippen LogP contribution in [-0.2, 0) is 0 Å². The molecule has 0 aliphatic carbocycles. The highest BCUT2D eigenvalue weighted by molar-refractivity contribution is 6.56. The predicted octanol–water partition coefficient (Wildman–Crippen LogP) is 5.92. The summed E-state index contributed by atoms with van der Waals surface area (Å²) in [6.45, 7) is 11.9. The number of para-hydroxylation sites is 2. The topological polar surface area (TPSA) is 36.9 Å². The first kappa shape index (κ1) is 31.3. The second-order valence-electron chi connectivity index (χ2n) is 9.86. The molecular formula is C31H52O4Si2. The number of benzene rings is 2. The molecule has 0 radical (unpaired) electrons. The number of rotatable bonds is 22. The van der Waals surface area contributed by atoms with E-state index in [4.69, 9.17) is 18.9 Å². The van der Waals surface area contributed by atoms with Crippen LogP contribution in [0.2, 0.25) is 12.1 Å². The number of hydrogen-bond donors (Lipinski definition) is 0. The van der Waals surface area contributed by atoms with Gasteiger partial charge in [-0.2, -0.15) is 0 Å². The Hall–Kier alpha value is -1.93. The molecule has 0 saturated heterocycles. The molecule has 6 heteroatoms. The molecule has 0 saturated carbocycles. The van der Waals surface area contributed by atoms with Crippen LogP contribution in [0.15, 0.2) is 36.4 Å². The predicted molar refractivity (Wildman–Crippen MR) is 165 cm³/mol. The normalized spacial score (nSPS) is 11.6. The van der Waals surface area contributed by atoms with Crippen molar-refractivity contribution in [1.29, 1.82) is 0 Å². The molecule has 0 amide bonds. The van der Waals surface area contributed by atoms with Crippen molar-refractivity contribution in [2.75, 3.05) is 26.4 Å². The zero-order valence-electron chi connectivity index (χ0n) is 24.1. The second-order valence-corrected chi connectivity index (χ2v) is 13.8. The third-order valence-corrected chi connectivity index (χ3v) is 10.4. The van der Waals surface area contributed by atoms with Crippen molar-refractivity contribution in [3.8, 4) is 23.0 Å². The molecule has 0 atom stereocenters. The van der Waals surface area contributed by atoms with Gasteiger partial charge in [0.2, 0.25) is 0 Å². The number of hydrogen-bond acceptors (Lipinski definition) is 4. The largest absolute Gasteiger partial charge is 0.490 e. The molecular weight excluding hydrogens is 493 g/mol. The molecule has 0 unspecified atom stereocenters. The lowest BCUT2D eigenvalue weighted by Gasteiger charge is -2.17. The maximum atomic E-state index is 6.27. The van der Waals surface area contributed by atoms with Crippen LogP contribution in [0.3, 0.4) is 0 Å². The lowest BCUT2D eigenvalue weighted by molar-refractivity contribution is 0.263. The molecule has 2 rings (SSSR count). The summed E-state index contributed by atoms with van der Waals surface area (Å²) in [5, 5.41) is 2.84. The summed E-state index contributed by atoms with van der Waals surface area (Å²) in [5.41, 5.74) is 0. The van der Waals surface area contributed by atoms with E-state index in [1.54, 1.807) is 0 Å². The van der Waals surface area contributed by atoms with Gasteiger partial charge in [0.05, 0.1) is 45.5 Å². The zero-order valence-corrected chi connectivity index (χ0v) is 26.9.